The van der Waals surface area contributed by atoms with Crippen molar-refractivity contribution in [3.8, 4) is 0 Å². The van der Waals surface area contributed by atoms with Crippen LogP contribution in [0.1, 0.15) is 30.4 Å². The molecule has 0 radical (unpaired) electrons. The number of benzene rings is 2. The number of carbonyl (C=O) groups excluding carboxylic acids is 3. The summed E-state index contributed by atoms with van der Waals surface area (Å²) in [5.41, 5.74) is -0.0620. The zero-order chi connectivity index (χ0) is 27.3. The lowest BCUT2D eigenvalue weighted by atomic mass is 9.83. The highest BCUT2D eigenvalue weighted by Crippen LogP contribution is 2.32. The minimum Gasteiger partial charge on any atom is -0.456 e. The van der Waals surface area contributed by atoms with E-state index in [1.165, 1.54) is 4.90 Å². The lowest BCUT2D eigenvalue weighted by Crippen LogP contribution is -2.60. The highest BCUT2D eigenvalue weighted by molar-refractivity contribution is 5.88. The van der Waals surface area contributed by atoms with Crippen LogP contribution in [0, 0.1) is 0 Å². The summed E-state index contributed by atoms with van der Waals surface area (Å²) in [6, 6.07) is 16.6. The number of aliphatic hydroxyl groups is 1. The second-order valence-electron chi connectivity index (χ2n) is 9.58. The van der Waals surface area contributed by atoms with Crippen LogP contribution in [0.4, 0.5) is 18.0 Å². The number of rotatable bonds is 6. The number of alkyl halides is 3. The van der Waals surface area contributed by atoms with E-state index in [0.717, 1.165) is 11.1 Å². The summed E-state index contributed by atoms with van der Waals surface area (Å²) in [4.78, 5) is 39.4. The summed E-state index contributed by atoms with van der Waals surface area (Å²) in [5, 5.41) is 11.6. The van der Waals surface area contributed by atoms with Gasteiger partial charge in [-0.05, 0) is 30.4 Å². The van der Waals surface area contributed by atoms with Gasteiger partial charge in [-0.25, -0.2) is 9.59 Å². The van der Waals surface area contributed by atoms with Crippen molar-refractivity contribution in [3.63, 3.8) is 0 Å². The Hall–Kier alpha value is -3.60. The molecular weight excluding hydrogens is 505 g/mol. The van der Waals surface area contributed by atoms with Crippen molar-refractivity contribution in [2.45, 2.75) is 56.2 Å². The third kappa shape index (κ3) is 6.45. The summed E-state index contributed by atoms with van der Waals surface area (Å²) in [5.74, 6) is -3.15. The molecule has 2 fully saturated rings. The van der Waals surface area contributed by atoms with Crippen molar-refractivity contribution in [2.24, 2.45) is 0 Å². The maximum absolute atomic E-state index is 13.1. The predicted octanol–water partition coefficient (Wildman–Crippen LogP) is 3.47. The van der Waals surface area contributed by atoms with Crippen LogP contribution in [0.15, 0.2) is 60.7 Å². The van der Waals surface area contributed by atoms with Gasteiger partial charge in [0, 0.05) is 19.5 Å². The van der Waals surface area contributed by atoms with Crippen LogP contribution in [0.3, 0.4) is 0 Å². The lowest BCUT2D eigenvalue weighted by molar-refractivity contribution is -0.193. The number of hydrogen-bond acceptors (Lipinski definition) is 6. The molecule has 0 unspecified atom stereocenters. The third-order valence-corrected chi connectivity index (χ3v) is 6.90. The van der Waals surface area contributed by atoms with E-state index >= 15 is 0 Å². The van der Waals surface area contributed by atoms with Crippen LogP contribution in [0.2, 0.25) is 0 Å². The van der Waals surface area contributed by atoms with Gasteiger partial charge in [-0.2, -0.15) is 13.2 Å². The molecular formula is C27H29F3N2O6. The largest absolute Gasteiger partial charge is 0.471 e. The fourth-order valence-corrected chi connectivity index (χ4v) is 4.86. The summed E-state index contributed by atoms with van der Waals surface area (Å²) in [6.45, 7) is -0.309. The highest BCUT2D eigenvalue weighted by atomic mass is 19.4. The molecule has 38 heavy (non-hydrogen) atoms. The van der Waals surface area contributed by atoms with E-state index in [0.29, 0.717) is 4.90 Å². The summed E-state index contributed by atoms with van der Waals surface area (Å²) in [7, 11) is 0. The van der Waals surface area contributed by atoms with Gasteiger partial charge in [-0.1, -0.05) is 60.7 Å². The lowest BCUT2D eigenvalue weighted by Gasteiger charge is -2.44. The van der Waals surface area contributed by atoms with Crippen LogP contribution in [0.25, 0.3) is 0 Å². The highest BCUT2D eigenvalue weighted by Gasteiger charge is 2.50. The molecule has 0 saturated carbocycles. The van der Waals surface area contributed by atoms with Crippen molar-refractivity contribution >= 4 is 18.0 Å². The van der Waals surface area contributed by atoms with Crippen LogP contribution >= 0.6 is 0 Å². The number of ether oxygens (including phenoxy) is 2. The first-order valence-electron chi connectivity index (χ1n) is 12.4. The Morgan fingerprint density at radius 3 is 2.24 bits per heavy atom. The standard InChI is InChI=1S/C27H29F3N2O6/c28-27(29,30)24(34)32-14-7-12-21(32)23(33)38-22-17-31(25(35)37-18-20-10-5-2-6-11-20)15-13-26(22,36)16-19-8-3-1-4-9-19/h1-6,8-11,21-22,36H,7,12-18H2/t21-,22-,26+/m0/s1. The fourth-order valence-electron chi connectivity index (χ4n) is 4.86. The van der Waals surface area contributed by atoms with Crippen molar-refractivity contribution in [3.05, 3.63) is 71.8 Å². The van der Waals surface area contributed by atoms with Gasteiger partial charge in [0.15, 0.2) is 0 Å². The van der Waals surface area contributed by atoms with Gasteiger partial charge in [0.25, 0.3) is 0 Å². The third-order valence-electron chi connectivity index (χ3n) is 6.90. The first-order chi connectivity index (χ1) is 18.1. The van der Waals surface area contributed by atoms with E-state index in [1.54, 1.807) is 48.5 Å². The number of nitrogens with zero attached hydrogens (tertiary/aromatic N) is 2. The van der Waals surface area contributed by atoms with E-state index in [9.17, 15) is 32.7 Å². The fraction of sp³-hybridized carbons (Fsp3) is 0.444. The molecule has 2 aliphatic rings. The van der Waals surface area contributed by atoms with Crippen LogP contribution in [-0.4, -0.2) is 76.4 Å². The Morgan fingerprint density at radius 1 is 0.974 bits per heavy atom. The maximum atomic E-state index is 13.1. The molecule has 0 aromatic heterocycles. The summed E-state index contributed by atoms with van der Waals surface area (Å²) in [6.07, 6.45) is -6.71. The first kappa shape index (κ1) is 27.4. The van der Waals surface area contributed by atoms with E-state index in [-0.39, 0.29) is 51.9 Å². The van der Waals surface area contributed by atoms with Gasteiger partial charge < -0.3 is 24.4 Å². The minimum atomic E-state index is -5.12. The number of likely N-dealkylation sites (tertiary alicyclic amines) is 2. The number of hydrogen-bond donors (Lipinski definition) is 1. The molecule has 2 aromatic carbocycles. The monoisotopic (exact) mass is 534 g/mol. The molecule has 204 valence electrons. The number of carbonyl (C=O) groups is 3. The molecule has 3 atom stereocenters. The molecule has 2 aliphatic heterocycles. The Morgan fingerprint density at radius 2 is 1.61 bits per heavy atom. The Bertz CT molecular complexity index is 1130. The number of halogens is 3. The molecule has 11 heteroatoms. The molecule has 2 amide bonds. The van der Waals surface area contributed by atoms with Gasteiger partial charge in [0.2, 0.25) is 0 Å². The number of amides is 2. The van der Waals surface area contributed by atoms with Crippen molar-refractivity contribution in [1.82, 2.24) is 9.80 Å². The molecule has 0 spiro atoms. The van der Waals surface area contributed by atoms with Crippen LogP contribution in [-0.2, 0) is 32.1 Å². The van der Waals surface area contributed by atoms with Crippen molar-refractivity contribution in [1.29, 1.82) is 0 Å². The van der Waals surface area contributed by atoms with E-state index in [1.807, 2.05) is 12.1 Å². The zero-order valence-corrected chi connectivity index (χ0v) is 20.6. The molecule has 4 rings (SSSR count). The normalized spacial score (nSPS) is 23.7. The minimum absolute atomic E-state index is 0.00726. The SMILES string of the molecule is O=C(O[C@H]1CN(C(=O)OCc2ccccc2)CC[C@@]1(O)Cc1ccccc1)[C@@H]1CCCN1C(=O)C(F)(F)F. The predicted molar refractivity (Wildman–Crippen MR) is 129 cm³/mol. The van der Waals surface area contributed by atoms with Crippen molar-refractivity contribution < 1.29 is 42.1 Å². The Labute approximate surface area is 217 Å². The topological polar surface area (TPSA) is 96.4 Å². The Kier molecular flexibility index (Phi) is 8.25. The summed E-state index contributed by atoms with van der Waals surface area (Å²) >= 11 is 0. The number of piperidine rings is 1. The second-order valence-corrected chi connectivity index (χ2v) is 9.58. The van der Waals surface area contributed by atoms with Gasteiger partial charge in [-0.3, -0.25) is 4.79 Å². The Balaban J connectivity index is 1.49. The average molecular weight is 535 g/mol. The van der Waals surface area contributed by atoms with Crippen LogP contribution < -0.4 is 0 Å². The van der Waals surface area contributed by atoms with Gasteiger partial charge in [0.1, 0.15) is 24.4 Å². The maximum Gasteiger partial charge on any atom is 0.471 e. The molecule has 1 N–H and O–H groups in total. The van der Waals surface area contributed by atoms with Gasteiger partial charge in [-0.15, -0.1) is 0 Å². The molecule has 2 heterocycles. The van der Waals surface area contributed by atoms with Crippen molar-refractivity contribution in [2.75, 3.05) is 19.6 Å². The quantitative estimate of drug-likeness (QED) is 0.571. The second kappa shape index (κ2) is 11.4. The zero-order valence-electron chi connectivity index (χ0n) is 20.6. The van der Waals surface area contributed by atoms with E-state index < -0.39 is 41.9 Å². The number of esters is 1. The molecule has 8 nitrogen and oxygen atoms in total. The summed E-state index contributed by atoms with van der Waals surface area (Å²) < 4.78 is 50.1. The molecule has 2 aromatic rings. The van der Waals surface area contributed by atoms with E-state index in [2.05, 4.69) is 0 Å². The average Bonchev–Trinajstić information content (AvgIpc) is 3.39. The van der Waals surface area contributed by atoms with E-state index in [4.69, 9.17) is 9.47 Å². The van der Waals surface area contributed by atoms with Gasteiger partial charge in [0.05, 0.1) is 6.54 Å². The molecule has 0 bridgehead atoms. The van der Waals surface area contributed by atoms with Crippen LogP contribution in [0.5, 0.6) is 0 Å². The molecule has 0 aliphatic carbocycles. The van der Waals surface area contributed by atoms with Gasteiger partial charge >= 0.3 is 24.1 Å². The smallest absolute Gasteiger partial charge is 0.456 e. The molecule has 2 saturated heterocycles. The first-order valence-corrected chi connectivity index (χ1v) is 12.4.